The largest absolute Gasteiger partial charge is 0.247 e. The first kappa shape index (κ1) is 35.8. The Hall–Kier alpha value is -6.58. The van der Waals surface area contributed by atoms with Crippen molar-refractivity contribution < 1.29 is 4.39 Å². The molecule has 10 aromatic rings. The van der Waals surface area contributed by atoms with Gasteiger partial charge < -0.3 is 0 Å². The van der Waals surface area contributed by atoms with Crippen LogP contribution in [0.25, 0.3) is 76.4 Å². The van der Waals surface area contributed by atoms with Gasteiger partial charge in [-0.1, -0.05) is 183 Å². The van der Waals surface area contributed by atoms with Gasteiger partial charge in [0.25, 0.3) is 0 Å². The van der Waals surface area contributed by atoms with Crippen molar-refractivity contribution in [2.45, 2.75) is 41.5 Å². The fourth-order valence-corrected chi connectivity index (χ4v) is 10.2. The van der Waals surface area contributed by atoms with Gasteiger partial charge in [-0.15, -0.1) is 0 Å². The molecule has 0 aliphatic carbocycles. The van der Waals surface area contributed by atoms with Gasteiger partial charge >= 0.3 is 0 Å². The third kappa shape index (κ3) is 5.71. The summed E-state index contributed by atoms with van der Waals surface area (Å²) in [7, 11) is 0. The standard InChI is InChI=1S/C55H43BFN/c1-32-27-34(3)53(35(4)28-32)56(54-36(5)29-33(2)30-37(54)6)40-22-19-38(20-23-40)39-21-24-48-50(31-39)58-55(47-25-26-49(57)44-16-10-7-15-43(44)47)52-46-18-12-9-14-42(46)41-13-8-11-17-45(41)51(48)52/h7-31H,1-6H3. The van der Waals surface area contributed by atoms with Crippen LogP contribution in [0.3, 0.4) is 0 Å². The zero-order valence-corrected chi connectivity index (χ0v) is 33.8. The van der Waals surface area contributed by atoms with E-state index in [1.54, 1.807) is 6.07 Å². The minimum atomic E-state index is -0.229. The van der Waals surface area contributed by atoms with Crippen molar-refractivity contribution in [2.75, 3.05) is 0 Å². The van der Waals surface area contributed by atoms with Gasteiger partial charge in [0.05, 0.1) is 11.2 Å². The zero-order chi connectivity index (χ0) is 39.8. The van der Waals surface area contributed by atoms with Crippen molar-refractivity contribution in [3.63, 3.8) is 0 Å². The highest BCUT2D eigenvalue weighted by Gasteiger charge is 2.28. The van der Waals surface area contributed by atoms with Crippen LogP contribution in [-0.4, -0.2) is 11.7 Å². The number of aromatic nitrogens is 1. The van der Waals surface area contributed by atoms with E-state index >= 15 is 4.39 Å². The van der Waals surface area contributed by atoms with Crippen LogP contribution >= 0.6 is 0 Å². The van der Waals surface area contributed by atoms with Gasteiger partial charge in [-0.2, -0.15) is 0 Å². The summed E-state index contributed by atoms with van der Waals surface area (Å²) in [4.78, 5) is 5.55. The Morgan fingerprint density at radius 1 is 0.414 bits per heavy atom. The van der Waals surface area contributed by atoms with Gasteiger partial charge in [0.1, 0.15) is 5.82 Å². The Bertz CT molecular complexity index is 3200. The van der Waals surface area contributed by atoms with Crippen LogP contribution in [0.1, 0.15) is 33.4 Å². The van der Waals surface area contributed by atoms with Crippen molar-refractivity contribution in [1.82, 2.24) is 4.98 Å². The first-order valence-corrected chi connectivity index (χ1v) is 20.3. The number of fused-ring (bicyclic) bond motifs is 9. The number of rotatable bonds is 5. The van der Waals surface area contributed by atoms with E-state index in [1.165, 1.54) is 71.3 Å². The Balaban J connectivity index is 1.20. The minimum Gasteiger partial charge on any atom is -0.247 e. The number of hydrogen-bond donors (Lipinski definition) is 0. The minimum absolute atomic E-state index is 0.107. The first-order valence-electron chi connectivity index (χ1n) is 20.3. The maximum Gasteiger partial charge on any atom is 0.242 e. The van der Waals surface area contributed by atoms with Crippen molar-refractivity contribution in [2.24, 2.45) is 0 Å². The molecule has 0 unspecified atom stereocenters. The van der Waals surface area contributed by atoms with E-state index in [0.29, 0.717) is 5.39 Å². The maximum absolute atomic E-state index is 15.3. The third-order valence-corrected chi connectivity index (χ3v) is 12.4. The van der Waals surface area contributed by atoms with Crippen LogP contribution in [0.4, 0.5) is 4.39 Å². The lowest BCUT2D eigenvalue weighted by molar-refractivity contribution is 0.640. The fourth-order valence-electron chi connectivity index (χ4n) is 10.2. The zero-order valence-electron chi connectivity index (χ0n) is 33.8. The number of pyridine rings is 1. The van der Waals surface area contributed by atoms with E-state index < -0.39 is 0 Å². The molecule has 1 heterocycles. The average molecular weight is 748 g/mol. The molecule has 1 nitrogen and oxygen atoms in total. The molecule has 278 valence electrons. The summed E-state index contributed by atoms with van der Waals surface area (Å²) in [6, 6.07) is 53.8. The molecule has 0 bridgehead atoms. The number of aryl methyl sites for hydroxylation is 6. The van der Waals surface area contributed by atoms with E-state index in [-0.39, 0.29) is 12.5 Å². The number of halogens is 1. The molecular formula is C55H43BFN. The second-order valence-electron chi connectivity index (χ2n) is 16.4. The monoisotopic (exact) mass is 747 g/mol. The summed E-state index contributed by atoms with van der Waals surface area (Å²) >= 11 is 0. The van der Waals surface area contributed by atoms with Gasteiger partial charge in [0.15, 0.2) is 0 Å². The Morgan fingerprint density at radius 3 is 1.47 bits per heavy atom. The summed E-state index contributed by atoms with van der Waals surface area (Å²) in [6.07, 6.45) is 0. The molecule has 0 aliphatic heterocycles. The lowest BCUT2D eigenvalue weighted by Crippen LogP contribution is -2.55. The molecule has 10 rings (SSSR count). The van der Waals surface area contributed by atoms with Crippen molar-refractivity contribution >= 4 is 77.1 Å². The van der Waals surface area contributed by atoms with Crippen LogP contribution in [0.5, 0.6) is 0 Å². The van der Waals surface area contributed by atoms with Crippen molar-refractivity contribution in [3.8, 4) is 22.4 Å². The summed E-state index contributed by atoms with van der Waals surface area (Å²) in [5.74, 6) is -0.229. The maximum atomic E-state index is 15.3. The normalized spacial score (nSPS) is 11.7. The van der Waals surface area contributed by atoms with E-state index in [4.69, 9.17) is 4.98 Å². The van der Waals surface area contributed by atoms with E-state index in [9.17, 15) is 0 Å². The number of benzene rings is 9. The molecule has 0 saturated carbocycles. The van der Waals surface area contributed by atoms with Gasteiger partial charge in [0.2, 0.25) is 6.71 Å². The fraction of sp³-hybridized carbons (Fsp3) is 0.109. The van der Waals surface area contributed by atoms with E-state index in [0.717, 1.165) is 49.4 Å². The molecule has 0 fully saturated rings. The van der Waals surface area contributed by atoms with Crippen LogP contribution in [0.2, 0.25) is 0 Å². The lowest BCUT2D eigenvalue weighted by Gasteiger charge is -2.24. The van der Waals surface area contributed by atoms with Crippen LogP contribution in [0.15, 0.2) is 152 Å². The van der Waals surface area contributed by atoms with Crippen molar-refractivity contribution in [1.29, 1.82) is 0 Å². The second-order valence-corrected chi connectivity index (χ2v) is 16.4. The Labute approximate surface area is 339 Å². The number of hydrogen-bond acceptors (Lipinski definition) is 1. The second kappa shape index (κ2) is 13.8. The molecule has 0 N–H and O–H groups in total. The summed E-state index contributed by atoms with van der Waals surface area (Å²) in [6.45, 7) is 13.5. The van der Waals surface area contributed by atoms with Crippen LogP contribution in [-0.2, 0) is 0 Å². The van der Waals surface area contributed by atoms with Crippen LogP contribution in [0, 0.1) is 47.4 Å². The molecular weight excluding hydrogens is 704 g/mol. The summed E-state index contributed by atoms with van der Waals surface area (Å²) in [5.41, 5.74) is 16.9. The van der Waals surface area contributed by atoms with Crippen LogP contribution < -0.4 is 16.4 Å². The molecule has 0 radical (unpaired) electrons. The summed E-state index contributed by atoms with van der Waals surface area (Å²) < 4.78 is 15.3. The molecule has 1 aromatic heterocycles. The molecule has 0 atom stereocenters. The van der Waals surface area contributed by atoms with E-state index in [2.05, 4.69) is 157 Å². The van der Waals surface area contributed by atoms with E-state index in [1.807, 2.05) is 30.3 Å². The lowest BCUT2D eigenvalue weighted by atomic mass is 9.34. The van der Waals surface area contributed by atoms with Gasteiger partial charge in [0, 0.05) is 27.1 Å². The van der Waals surface area contributed by atoms with Crippen molar-refractivity contribution in [3.05, 3.63) is 191 Å². The molecule has 0 aliphatic rings. The molecule has 0 spiro atoms. The average Bonchev–Trinajstić information content (AvgIpc) is 3.22. The predicted octanol–water partition coefficient (Wildman–Crippen LogP) is 12.7. The molecule has 0 saturated heterocycles. The molecule has 3 heteroatoms. The van der Waals surface area contributed by atoms with Gasteiger partial charge in [-0.25, -0.2) is 9.37 Å². The smallest absolute Gasteiger partial charge is 0.242 e. The highest BCUT2D eigenvalue weighted by atomic mass is 19.1. The van der Waals surface area contributed by atoms with Gasteiger partial charge in [-0.05, 0) is 97.8 Å². The highest BCUT2D eigenvalue weighted by molar-refractivity contribution is 6.96. The Morgan fingerprint density at radius 2 is 0.897 bits per heavy atom. The molecule has 58 heavy (non-hydrogen) atoms. The highest BCUT2D eigenvalue weighted by Crippen LogP contribution is 2.44. The quantitative estimate of drug-likeness (QED) is 0.126. The number of nitrogens with zero attached hydrogens (tertiary/aromatic N) is 1. The van der Waals surface area contributed by atoms with Gasteiger partial charge in [-0.3, -0.25) is 0 Å². The summed E-state index contributed by atoms with van der Waals surface area (Å²) in [5, 5.41) is 9.52. The molecule has 9 aromatic carbocycles. The first-order chi connectivity index (χ1) is 28.2. The SMILES string of the molecule is Cc1cc(C)c(B(c2ccc(-c3ccc4c(c3)nc(-c3ccc(F)c5ccccc35)c3c5ccccc5c5ccccc5c43)cc2)c2c(C)cc(C)cc2C)c(C)c1. The Kier molecular flexibility index (Phi) is 8.53. The topological polar surface area (TPSA) is 12.9 Å². The predicted molar refractivity (Wildman–Crippen MR) is 249 cm³/mol. The molecule has 0 amide bonds. The third-order valence-electron chi connectivity index (χ3n) is 12.4.